The minimum absolute atomic E-state index is 0.0193. The van der Waals surface area contributed by atoms with E-state index in [1.807, 2.05) is 6.92 Å². The zero-order valence-corrected chi connectivity index (χ0v) is 16.3. The number of aryl methyl sites for hydroxylation is 2. The van der Waals surface area contributed by atoms with Gasteiger partial charge in [-0.25, -0.2) is 13.2 Å². The van der Waals surface area contributed by atoms with E-state index in [1.165, 1.54) is 44.4 Å². The second-order valence-electron chi connectivity index (χ2n) is 6.16. The van der Waals surface area contributed by atoms with Crippen LogP contribution in [0.25, 0.3) is 11.0 Å². The quantitative estimate of drug-likeness (QED) is 0.605. The van der Waals surface area contributed by atoms with Gasteiger partial charge < -0.3 is 13.9 Å². The molecule has 0 fully saturated rings. The third kappa shape index (κ3) is 3.63. The molecule has 0 unspecified atom stereocenters. The Morgan fingerprint density at radius 1 is 1.07 bits per heavy atom. The predicted molar refractivity (Wildman–Crippen MR) is 101 cm³/mol. The second kappa shape index (κ2) is 7.47. The van der Waals surface area contributed by atoms with Gasteiger partial charge in [0.25, 0.3) is 0 Å². The number of carbonyl (C=O) groups is 1. The van der Waals surface area contributed by atoms with E-state index >= 15 is 0 Å². The number of methoxy groups -OCH3 is 1. The van der Waals surface area contributed by atoms with Crippen LogP contribution in [0, 0.1) is 13.8 Å². The van der Waals surface area contributed by atoms with Crippen molar-refractivity contribution in [2.75, 3.05) is 13.7 Å². The van der Waals surface area contributed by atoms with Gasteiger partial charge in [-0.2, -0.15) is 0 Å². The first kappa shape index (κ1) is 19.6. The van der Waals surface area contributed by atoms with Crippen molar-refractivity contribution in [1.29, 1.82) is 0 Å². The molecule has 28 heavy (non-hydrogen) atoms. The van der Waals surface area contributed by atoms with Gasteiger partial charge in [0.15, 0.2) is 11.5 Å². The fourth-order valence-electron chi connectivity index (χ4n) is 2.71. The minimum Gasteiger partial charge on any atom is -0.482 e. The average molecular weight is 402 g/mol. The zero-order chi connectivity index (χ0) is 20.5. The number of sulfone groups is 1. The number of rotatable bonds is 5. The van der Waals surface area contributed by atoms with Crippen LogP contribution in [-0.2, 0) is 19.4 Å². The van der Waals surface area contributed by atoms with E-state index in [9.17, 15) is 18.0 Å². The Hall–Kier alpha value is -3.13. The van der Waals surface area contributed by atoms with Crippen LogP contribution in [0.2, 0.25) is 0 Å². The zero-order valence-electron chi connectivity index (χ0n) is 15.5. The summed E-state index contributed by atoms with van der Waals surface area (Å²) < 4.78 is 41.3. The number of carbonyl (C=O) groups excluding carboxylic acids is 1. The summed E-state index contributed by atoms with van der Waals surface area (Å²) in [5.74, 6) is -0.296. The largest absolute Gasteiger partial charge is 0.482 e. The van der Waals surface area contributed by atoms with E-state index in [4.69, 9.17) is 9.15 Å². The lowest BCUT2D eigenvalue weighted by Crippen LogP contribution is -2.17. The number of benzene rings is 2. The molecule has 0 N–H and O–H groups in total. The molecule has 0 atom stereocenters. The van der Waals surface area contributed by atoms with Gasteiger partial charge in [0.05, 0.1) is 17.4 Å². The summed E-state index contributed by atoms with van der Waals surface area (Å²) in [4.78, 5) is 23.7. The molecule has 0 aliphatic heterocycles. The molecule has 0 amide bonds. The molecule has 0 bridgehead atoms. The third-order valence-corrected chi connectivity index (χ3v) is 6.07. The SMILES string of the molecule is COC(=O)COc1ccc2c(=O)c(S(=O)(=O)c3ccc(C)cc3)c(C)oc2c1. The summed E-state index contributed by atoms with van der Waals surface area (Å²) in [7, 11) is -2.80. The highest BCUT2D eigenvalue weighted by molar-refractivity contribution is 7.91. The van der Waals surface area contributed by atoms with Crippen LogP contribution in [0.15, 0.2) is 61.5 Å². The number of fused-ring (bicyclic) bond motifs is 1. The molecule has 2 aromatic carbocycles. The second-order valence-corrected chi connectivity index (χ2v) is 8.04. The van der Waals surface area contributed by atoms with Crippen LogP contribution in [0.1, 0.15) is 11.3 Å². The van der Waals surface area contributed by atoms with E-state index in [2.05, 4.69) is 4.74 Å². The number of esters is 1. The minimum atomic E-state index is -4.04. The van der Waals surface area contributed by atoms with Gasteiger partial charge in [-0.1, -0.05) is 17.7 Å². The lowest BCUT2D eigenvalue weighted by Gasteiger charge is -2.10. The molecule has 0 aliphatic rings. The topological polar surface area (TPSA) is 99.9 Å². The molecular weight excluding hydrogens is 384 g/mol. The van der Waals surface area contributed by atoms with E-state index in [-0.39, 0.29) is 34.0 Å². The van der Waals surface area contributed by atoms with Crippen molar-refractivity contribution in [2.45, 2.75) is 23.6 Å². The van der Waals surface area contributed by atoms with Crippen LogP contribution in [0.4, 0.5) is 0 Å². The van der Waals surface area contributed by atoms with Crippen LogP contribution < -0.4 is 10.2 Å². The average Bonchev–Trinajstić information content (AvgIpc) is 2.65. The van der Waals surface area contributed by atoms with Crippen LogP contribution >= 0.6 is 0 Å². The molecule has 0 saturated heterocycles. The number of hydrogen-bond acceptors (Lipinski definition) is 7. The molecule has 3 rings (SSSR count). The Bertz CT molecular complexity index is 1210. The summed E-state index contributed by atoms with van der Waals surface area (Å²) in [5, 5.41) is 0.0988. The smallest absolute Gasteiger partial charge is 0.343 e. The Kier molecular flexibility index (Phi) is 5.24. The molecule has 0 radical (unpaired) electrons. The van der Waals surface area contributed by atoms with Crippen molar-refractivity contribution in [3.8, 4) is 5.75 Å². The van der Waals surface area contributed by atoms with Crippen molar-refractivity contribution in [1.82, 2.24) is 0 Å². The molecule has 8 heteroatoms. The van der Waals surface area contributed by atoms with Gasteiger partial charge in [0, 0.05) is 6.07 Å². The van der Waals surface area contributed by atoms with Gasteiger partial charge in [-0.05, 0) is 38.1 Å². The molecule has 1 heterocycles. The molecule has 7 nitrogen and oxygen atoms in total. The predicted octanol–water partition coefficient (Wildman–Crippen LogP) is 2.79. The molecule has 0 aliphatic carbocycles. The first-order chi connectivity index (χ1) is 13.2. The molecule has 0 saturated carbocycles. The normalized spacial score (nSPS) is 11.4. The lowest BCUT2D eigenvalue weighted by molar-refractivity contribution is -0.142. The standard InChI is InChI=1S/C20H18O7S/c1-12-4-7-15(8-5-12)28(23,24)20-13(2)27-17-10-14(26-11-18(21)25-3)6-9-16(17)19(20)22/h4-10H,11H2,1-3H3. The molecular formula is C20H18O7S. The highest BCUT2D eigenvalue weighted by Gasteiger charge is 2.26. The molecule has 1 aromatic heterocycles. The van der Waals surface area contributed by atoms with Crippen LogP contribution in [0.5, 0.6) is 5.75 Å². The van der Waals surface area contributed by atoms with Crippen molar-refractivity contribution < 1.29 is 27.1 Å². The fourth-order valence-corrected chi connectivity index (χ4v) is 4.21. The first-order valence-electron chi connectivity index (χ1n) is 8.33. The molecule has 146 valence electrons. The van der Waals surface area contributed by atoms with E-state index < -0.39 is 26.1 Å². The summed E-state index contributed by atoms with van der Waals surface area (Å²) in [6.07, 6.45) is 0. The Morgan fingerprint density at radius 2 is 1.75 bits per heavy atom. The van der Waals surface area contributed by atoms with Gasteiger partial charge in [-0.15, -0.1) is 0 Å². The van der Waals surface area contributed by atoms with Crippen molar-refractivity contribution in [3.63, 3.8) is 0 Å². The maximum Gasteiger partial charge on any atom is 0.343 e. The maximum atomic E-state index is 13.0. The highest BCUT2D eigenvalue weighted by Crippen LogP contribution is 2.26. The summed E-state index contributed by atoms with van der Waals surface area (Å²) >= 11 is 0. The highest BCUT2D eigenvalue weighted by atomic mass is 32.2. The summed E-state index contributed by atoms with van der Waals surface area (Å²) in [6, 6.07) is 10.5. The first-order valence-corrected chi connectivity index (χ1v) is 9.81. The van der Waals surface area contributed by atoms with Gasteiger partial charge in [-0.3, -0.25) is 4.79 Å². The van der Waals surface area contributed by atoms with E-state index in [1.54, 1.807) is 12.1 Å². The van der Waals surface area contributed by atoms with Crippen molar-refractivity contribution >= 4 is 26.8 Å². The lowest BCUT2D eigenvalue weighted by atomic mass is 10.2. The molecule has 0 spiro atoms. The molecule has 3 aromatic rings. The monoisotopic (exact) mass is 402 g/mol. The van der Waals surface area contributed by atoms with Crippen molar-refractivity contribution in [2.24, 2.45) is 0 Å². The fraction of sp³-hybridized carbons (Fsp3) is 0.200. The number of hydrogen-bond donors (Lipinski definition) is 0. The maximum absolute atomic E-state index is 13.0. The van der Waals surface area contributed by atoms with Gasteiger partial charge in [0.1, 0.15) is 17.1 Å². The third-order valence-electron chi connectivity index (χ3n) is 4.17. The Labute approximate surface area is 161 Å². The van der Waals surface area contributed by atoms with Gasteiger partial charge in [0.2, 0.25) is 15.3 Å². The Morgan fingerprint density at radius 3 is 2.39 bits per heavy atom. The van der Waals surface area contributed by atoms with E-state index in [0.29, 0.717) is 0 Å². The van der Waals surface area contributed by atoms with Crippen molar-refractivity contribution in [3.05, 3.63) is 64.0 Å². The van der Waals surface area contributed by atoms with Gasteiger partial charge >= 0.3 is 5.97 Å². The van der Waals surface area contributed by atoms with Crippen LogP contribution in [0.3, 0.4) is 0 Å². The summed E-state index contributed by atoms with van der Waals surface area (Å²) in [5.41, 5.74) is 0.410. The summed E-state index contributed by atoms with van der Waals surface area (Å²) in [6.45, 7) is 2.96. The Balaban J connectivity index is 2.09. The number of ether oxygens (including phenoxy) is 2. The van der Waals surface area contributed by atoms with E-state index in [0.717, 1.165) is 5.56 Å². The van der Waals surface area contributed by atoms with Crippen LogP contribution in [-0.4, -0.2) is 28.1 Å².